The number of aryl methyl sites for hydroxylation is 1. The highest BCUT2D eigenvalue weighted by Crippen LogP contribution is 2.22. The number of carbonyl (C=O) groups is 2. The molecule has 1 aromatic rings. The Labute approximate surface area is 112 Å². The average molecular weight is 262 g/mol. The van der Waals surface area contributed by atoms with Crippen LogP contribution in [0.4, 0.5) is 5.69 Å². The van der Waals surface area contributed by atoms with Crippen LogP contribution in [0.3, 0.4) is 0 Å². The molecule has 5 nitrogen and oxygen atoms in total. The molecule has 1 aliphatic rings. The molecule has 0 bridgehead atoms. The van der Waals surface area contributed by atoms with Gasteiger partial charge < -0.3 is 15.7 Å². The number of benzene rings is 1. The van der Waals surface area contributed by atoms with Gasteiger partial charge in [0.15, 0.2) is 0 Å². The average Bonchev–Trinajstić information content (AvgIpc) is 2.25. The summed E-state index contributed by atoms with van der Waals surface area (Å²) in [6, 6.07) is 5.09. The third kappa shape index (κ3) is 2.76. The van der Waals surface area contributed by atoms with Crippen LogP contribution in [0.2, 0.25) is 0 Å². The van der Waals surface area contributed by atoms with E-state index in [9.17, 15) is 14.7 Å². The van der Waals surface area contributed by atoms with Crippen molar-refractivity contribution in [2.24, 2.45) is 11.8 Å². The molecule has 1 heterocycles. The van der Waals surface area contributed by atoms with Crippen molar-refractivity contribution in [1.82, 2.24) is 5.32 Å². The summed E-state index contributed by atoms with van der Waals surface area (Å²) in [5.74, 6) is -0.938. The monoisotopic (exact) mass is 262 g/mol. The van der Waals surface area contributed by atoms with Crippen molar-refractivity contribution in [3.8, 4) is 0 Å². The number of aromatic carboxylic acids is 1. The van der Waals surface area contributed by atoms with Crippen LogP contribution in [0, 0.1) is 18.8 Å². The summed E-state index contributed by atoms with van der Waals surface area (Å²) in [7, 11) is 0. The van der Waals surface area contributed by atoms with Crippen molar-refractivity contribution in [3.63, 3.8) is 0 Å². The fourth-order valence-corrected chi connectivity index (χ4v) is 2.18. The van der Waals surface area contributed by atoms with Crippen LogP contribution in [0.1, 0.15) is 22.8 Å². The summed E-state index contributed by atoms with van der Waals surface area (Å²) in [6.45, 7) is 5.28. The first-order valence-electron chi connectivity index (χ1n) is 6.35. The van der Waals surface area contributed by atoms with Gasteiger partial charge in [-0.15, -0.1) is 0 Å². The number of nitrogens with one attached hydrogen (secondary N) is 2. The van der Waals surface area contributed by atoms with Crippen LogP contribution in [0.5, 0.6) is 0 Å². The van der Waals surface area contributed by atoms with Crippen molar-refractivity contribution < 1.29 is 14.7 Å². The molecule has 5 heteroatoms. The highest BCUT2D eigenvalue weighted by Gasteiger charge is 2.29. The van der Waals surface area contributed by atoms with Crippen LogP contribution >= 0.6 is 0 Å². The lowest BCUT2D eigenvalue weighted by molar-refractivity contribution is -0.121. The number of carboxylic acids is 1. The fraction of sp³-hybridized carbons (Fsp3) is 0.429. The van der Waals surface area contributed by atoms with Gasteiger partial charge in [0.05, 0.1) is 11.3 Å². The molecular formula is C14H18N2O3. The Morgan fingerprint density at radius 2 is 2.11 bits per heavy atom. The Morgan fingerprint density at radius 1 is 1.42 bits per heavy atom. The van der Waals surface area contributed by atoms with E-state index in [1.165, 1.54) is 0 Å². The van der Waals surface area contributed by atoms with Gasteiger partial charge in [-0.3, -0.25) is 4.79 Å². The molecule has 1 saturated heterocycles. The molecule has 0 aliphatic carbocycles. The maximum Gasteiger partial charge on any atom is 0.338 e. The molecule has 1 aromatic carbocycles. The van der Waals surface area contributed by atoms with Crippen molar-refractivity contribution in [3.05, 3.63) is 29.3 Å². The summed E-state index contributed by atoms with van der Waals surface area (Å²) in [4.78, 5) is 23.3. The minimum absolute atomic E-state index is 0.122. The normalized spacial score (nSPS) is 16.5. The first-order chi connectivity index (χ1) is 9.00. The van der Waals surface area contributed by atoms with Crippen molar-refractivity contribution in [2.75, 3.05) is 18.4 Å². The summed E-state index contributed by atoms with van der Waals surface area (Å²) < 4.78 is 0. The predicted octanol–water partition coefficient (Wildman–Crippen LogP) is 1.49. The van der Waals surface area contributed by atoms with E-state index in [1.807, 2.05) is 6.92 Å². The Balaban J connectivity index is 2.16. The second kappa shape index (κ2) is 5.40. The van der Waals surface area contributed by atoms with E-state index in [-0.39, 0.29) is 17.4 Å². The van der Waals surface area contributed by atoms with E-state index in [0.717, 1.165) is 13.1 Å². The minimum atomic E-state index is -1.02. The van der Waals surface area contributed by atoms with Gasteiger partial charge in [-0.1, -0.05) is 19.1 Å². The molecule has 0 aromatic heterocycles. The van der Waals surface area contributed by atoms with Gasteiger partial charge >= 0.3 is 5.97 Å². The van der Waals surface area contributed by atoms with Crippen LogP contribution in [-0.2, 0) is 4.79 Å². The standard InChI is InChI=1S/C14H18N2O3/c1-8-4-3-5-11(12(8)14(18)19)16-13(17)9(2)10-6-15-7-10/h3-5,9-10,15H,6-7H2,1-2H3,(H,16,17)(H,18,19). The van der Waals surface area contributed by atoms with Gasteiger partial charge in [0.25, 0.3) is 0 Å². The summed E-state index contributed by atoms with van der Waals surface area (Å²) in [6.07, 6.45) is 0. The molecule has 1 atom stereocenters. The third-order valence-electron chi connectivity index (χ3n) is 3.68. The SMILES string of the molecule is Cc1cccc(NC(=O)C(C)C2CNC2)c1C(=O)O. The zero-order valence-electron chi connectivity index (χ0n) is 11.1. The van der Waals surface area contributed by atoms with Crippen LogP contribution in [-0.4, -0.2) is 30.1 Å². The van der Waals surface area contributed by atoms with Crippen LogP contribution < -0.4 is 10.6 Å². The molecular weight excluding hydrogens is 244 g/mol. The Bertz CT molecular complexity index is 509. The molecule has 1 amide bonds. The molecule has 3 N–H and O–H groups in total. The molecule has 0 spiro atoms. The second-order valence-corrected chi connectivity index (χ2v) is 5.00. The van der Waals surface area contributed by atoms with Gasteiger partial charge in [-0.05, 0) is 37.6 Å². The van der Waals surface area contributed by atoms with Crippen molar-refractivity contribution in [2.45, 2.75) is 13.8 Å². The van der Waals surface area contributed by atoms with E-state index in [0.29, 0.717) is 17.2 Å². The number of rotatable bonds is 4. The lowest BCUT2D eigenvalue weighted by atomic mass is 9.88. The summed E-state index contributed by atoms with van der Waals surface area (Å²) in [5, 5.41) is 15.1. The maximum atomic E-state index is 12.1. The quantitative estimate of drug-likeness (QED) is 0.768. The zero-order valence-corrected chi connectivity index (χ0v) is 11.1. The molecule has 1 aliphatic heterocycles. The Kier molecular flexibility index (Phi) is 3.85. The van der Waals surface area contributed by atoms with Gasteiger partial charge in [-0.2, -0.15) is 0 Å². The topological polar surface area (TPSA) is 78.4 Å². The van der Waals surface area contributed by atoms with E-state index in [4.69, 9.17) is 0 Å². The fourth-order valence-electron chi connectivity index (χ4n) is 2.18. The number of hydrogen-bond donors (Lipinski definition) is 3. The highest BCUT2D eigenvalue weighted by molar-refractivity contribution is 6.02. The van der Waals surface area contributed by atoms with Crippen LogP contribution in [0.25, 0.3) is 0 Å². The summed E-state index contributed by atoms with van der Waals surface area (Å²) >= 11 is 0. The lowest BCUT2D eigenvalue weighted by Gasteiger charge is -2.31. The number of anilines is 1. The highest BCUT2D eigenvalue weighted by atomic mass is 16.4. The van der Waals surface area contributed by atoms with E-state index < -0.39 is 5.97 Å². The number of carboxylic acid groups (broad SMARTS) is 1. The molecule has 1 unspecified atom stereocenters. The van der Waals surface area contributed by atoms with E-state index in [2.05, 4.69) is 10.6 Å². The second-order valence-electron chi connectivity index (χ2n) is 5.00. The molecule has 19 heavy (non-hydrogen) atoms. The molecule has 102 valence electrons. The Hall–Kier alpha value is -1.88. The molecule has 1 fully saturated rings. The Morgan fingerprint density at radius 3 is 2.63 bits per heavy atom. The van der Waals surface area contributed by atoms with Gasteiger partial charge in [-0.25, -0.2) is 4.79 Å². The summed E-state index contributed by atoms with van der Waals surface area (Å²) in [5.41, 5.74) is 1.18. The molecule has 2 rings (SSSR count). The predicted molar refractivity (Wildman–Crippen MR) is 72.3 cm³/mol. The third-order valence-corrected chi connectivity index (χ3v) is 3.68. The number of hydrogen-bond acceptors (Lipinski definition) is 3. The van der Waals surface area contributed by atoms with E-state index >= 15 is 0 Å². The van der Waals surface area contributed by atoms with Crippen LogP contribution in [0.15, 0.2) is 18.2 Å². The first kappa shape index (κ1) is 13.5. The first-order valence-corrected chi connectivity index (χ1v) is 6.35. The minimum Gasteiger partial charge on any atom is -0.478 e. The lowest BCUT2D eigenvalue weighted by Crippen LogP contribution is -2.48. The zero-order chi connectivity index (χ0) is 14.0. The van der Waals surface area contributed by atoms with Gasteiger partial charge in [0.2, 0.25) is 5.91 Å². The van der Waals surface area contributed by atoms with Crippen molar-refractivity contribution in [1.29, 1.82) is 0 Å². The largest absolute Gasteiger partial charge is 0.478 e. The molecule has 0 radical (unpaired) electrons. The van der Waals surface area contributed by atoms with Crippen molar-refractivity contribution >= 4 is 17.6 Å². The van der Waals surface area contributed by atoms with Gasteiger partial charge in [0, 0.05) is 5.92 Å². The van der Waals surface area contributed by atoms with E-state index in [1.54, 1.807) is 25.1 Å². The van der Waals surface area contributed by atoms with Gasteiger partial charge in [0.1, 0.15) is 0 Å². The number of carbonyl (C=O) groups excluding carboxylic acids is 1. The smallest absolute Gasteiger partial charge is 0.338 e. The molecule has 0 saturated carbocycles. The number of amides is 1. The maximum absolute atomic E-state index is 12.1.